The highest BCUT2D eigenvalue weighted by atomic mass is 35.5. The first-order valence-electron chi connectivity index (χ1n) is 7.52. The zero-order valence-electron chi connectivity index (χ0n) is 12.1. The lowest BCUT2D eigenvalue weighted by molar-refractivity contribution is -0.124. The first kappa shape index (κ1) is 15.0. The lowest BCUT2D eigenvalue weighted by Crippen LogP contribution is -2.50. The number of hydrazine groups is 1. The van der Waals surface area contributed by atoms with Gasteiger partial charge in [0.1, 0.15) is 6.04 Å². The number of rotatable bonds is 4. The van der Waals surface area contributed by atoms with Crippen LogP contribution in [0.5, 0.6) is 0 Å². The van der Waals surface area contributed by atoms with E-state index in [2.05, 4.69) is 16.2 Å². The molecule has 1 heterocycles. The number of carbonyl (C=O) groups excluding carboxylic acids is 2. The maximum absolute atomic E-state index is 12.3. The van der Waals surface area contributed by atoms with E-state index in [1.807, 2.05) is 0 Å². The van der Waals surface area contributed by atoms with Crippen molar-refractivity contribution in [2.24, 2.45) is 0 Å². The van der Waals surface area contributed by atoms with Crippen LogP contribution < -0.4 is 16.2 Å². The third-order valence-corrected chi connectivity index (χ3v) is 4.15. The molecular weight excluding hydrogens is 304 g/mol. The highest BCUT2D eigenvalue weighted by molar-refractivity contribution is 6.30. The summed E-state index contributed by atoms with van der Waals surface area (Å²) in [6.45, 7) is 0.623. The number of urea groups is 1. The van der Waals surface area contributed by atoms with E-state index in [0.717, 1.165) is 24.9 Å². The second kappa shape index (κ2) is 6.44. The van der Waals surface area contributed by atoms with Crippen LogP contribution in [0.25, 0.3) is 0 Å². The summed E-state index contributed by atoms with van der Waals surface area (Å²) < 4.78 is 0. The fourth-order valence-corrected chi connectivity index (χ4v) is 2.64. The molecule has 3 rings (SSSR count). The molecule has 0 bridgehead atoms. The van der Waals surface area contributed by atoms with Gasteiger partial charge in [0.25, 0.3) is 5.91 Å². The number of amides is 3. The molecule has 0 spiro atoms. The lowest BCUT2D eigenvalue weighted by Gasteiger charge is -2.24. The SMILES string of the molecule is O=C(NNc1ccc(Cl)cc1)C1CCCN1C(=O)NC1CC1. The van der Waals surface area contributed by atoms with E-state index >= 15 is 0 Å². The third kappa shape index (κ3) is 3.62. The molecule has 1 aliphatic heterocycles. The smallest absolute Gasteiger partial charge is 0.318 e. The van der Waals surface area contributed by atoms with E-state index in [4.69, 9.17) is 11.6 Å². The van der Waals surface area contributed by atoms with Crippen LogP contribution in [0.15, 0.2) is 24.3 Å². The zero-order chi connectivity index (χ0) is 15.5. The topological polar surface area (TPSA) is 73.5 Å². The largest absolute Gasteiger partial charge is 0.335 e. The molecule has 2 aliphatic rings. The van der Waals surface area contributed by atoms with Gasteiger partial charge in [-0.25, -0.2) is 4.79 Å². The molecule has 1 unspecified atom stereocenters. The van der Waals surface area contributed by atoms with Crippen molar-refractivity contribution in [1.82, 2.24) is 15.6 Å². The van der Waals surface area contributed by atoms with E-state index in [-0.39, 0.29) is 11.9 Å². The Balaban J connectivity index is 1.53. The summed E-state index contributed by atoms with van der Waals surface area (Å²) in [5.41, 5.74) is 6.25. The molecule has 7 heteroatoms. The zero-order valence-corrected chi connectivity index (χ0v) is 12.9. The minimum absolute atomic E-state index is 0.133. The van der Waals surface area contributed by atoms with E-state index in [1.54, 1.807) is 29.2 Å². The van der Waals surface area contributed by atoms with E-state index in [0.29, 0.717) is 24.0 Å². The second-order valence-corrected chi connectivity index (χ2v) is 6.13. The first-order chi connectivity index (χ1) is 10.6. The molecule has 1 saturated heterocycles. The van der Waals surface area contributed by atoms with Gasteiger partial charge in [0.15, 0.2) is 0 Å². The maximum Gasteiger partial charge on any atom is 0.318 e. The Morgan fingerprint density at radius 1 is 1.14 bits per heavy atom. The molecule has 118 valence electrons. The van der Waals surface area contributed by atoms with Crippen LogP contribution >= 0.6 is 11.6 Å². The Morgan fingerprint density at radius 3 is 2.55 bits per heavy atom. The molecule has 1 saturated carbocycles. The van der Waals surface area contributed by atoms with E-state index < -0.39 is 6.04 Å². The Hall–Kier alpha value is -1.95. The average Bonchev–Trinajstić information content (AvgIpc) is 3.18. The lowest BCUT2D eigenvalue weighted by atomic mass is 10.2. The number of halogens is 1. The normalized spacial score (nSPS) is 20.6. The molecule has 1 aliphatic carbocycles. The Labute approximate surface area is 134 Å². The van der Waals surface area contributed by atoms with Crippen LogP contribution in [0.3, 0.4) is 0 Å². The summed E-state index contributed by atoms with van der Waals surface area (Å²) >= 11 is 5.81. The molecule has 3 amide bonds. The van der Waals surface area contributed by atoms with Crippen molar-refractivity contribution in [2.45, 2.75) is 37.8 Å². The van der Waals surface area contributed by atoms with Crippen molar-refractivity contribution in [2.75, 3.05) is 12.0 Å². The van der Waals surface area contributed by atoms with Crippen LogP contribution in [-0.2, 0) is 4.79 Å². The monoisotopic (exact) mass is 322 g/mol. The molecule has 2 fully saturated rings. The predicted molar refractivity (Wildman–Crippen MR) is 84.5 cm³/mol. The van der Waals surface area contributed by atoms with Gasteiger partial charge in [0.05, 0.1) is 5.69 Å². The van der Waals surface area contributed by atoms with Crippen molar-refractivity contribution in [1.29, 1.82) is 0 Å². The van der Waals surface area contributed by atoms with E-state index in [9.17, 15) is 9.59 Å². The van der Waals surface area contributed by atoms with Gasteiger partial charge in [-0.05, 0) is 49.9 Å². The standard InChI is InChI=1S/C15H19ClN4O2/c16-10-3-5-12(6-4-10)18-19-14(21)13-2-1-9-20(13)15(22)17-11-7-8-11/h3-6,11,13,18H,1-2,7-9H2,(H,17,22)(H,19,21). The van der Waals surface area contributed by atoms with Gasteiger partial charge in [-0.15, -0.1) is 0 Å². The Bertz CT molecular complexity index is 559. The molecule has 6 nitrogen and oxygen atoms in total. The van der Waals surface area contributed by atoms with E-state index in [1.165, 1.54) is 0 Å². The number of benzene rings is 1. The van der Waals surface area contributed by atoms with Gasteiger partial charge in [0.2, 0.25) is 0 Å². The molecule has 1 aromatic rings. The van der Waals surface area contributed by atoms with Gasteiger partial charge >= 0.3 is 6.03 Å². The summed E-state index contributed by atoms with van der Waals surface area (Å²) in [5.74, 6) is -0.196. The van der Waals surface area contributed by atoms with Crippen LogP contribution in [0.4, 0.5) is 10.5 Å². The fraction of sp³-hybridized carbons (Fsp3) is 0.467. The van der Waals surface area contributed by atoms with Crippen molar-refractivity contribution < 1.29 is 9.59 Å². The highest BCUT2D eigenvalue weighted by Crippen LogP contribution is 2.22. The molecule has 0 aromatic heterocycles. The molecular formula is C15H19ClN4O2. The maximum atomic E-state index is 12.3. The molecule has 1 atom stereocenters. The number of hydrogen-bond acceptors (Lipinski definition) is 3. The second-order valence-electron chi connectivity index (χ2n) is 5.70. The van der Waals surface area contributed by atoms with Crippen LogP contribution in [0.1, 0.15) is 25.7 Å². The number of hydrogen-bond donors (Lipinski definition) is 3. The first-order valence-corrected chi connectivity index (χ1v) is 7.90. The van der Waals surface area contributed by atoms with Gasteiger partial charge in [-0.3, -0.25) is 15.6 Å². The quantitative estimate of drug-likeness (QED) is 0.743. The number of anilines is 1. The average molecular weight is 323 g/mol. The predicted octanol–water partition coefficient (Wildman–Crippen LogP) is 2.12. The minimum atomic E-state index is -0.418. The van der Waals surface area contributed by atoms with Gasteiger partial charge in [0, 0.05) is 17.6 Å². The van der Waals surface area contributed by atoms with Crippen LogP contribution in [0, 0.1) is 0 Å². The summed E-state index contributed by atoms with van der Waals surface area (Å²) in [7, 11) is 0. The van der Waals surface area contributed by atoms with Gasteiger partial charge in [-0.1, -0.05) is 11.6 Å². The van der Waals surface area contributed by atoms with Crippen molar-refractivity contribution in [3.63, 3.8) is 0 Å². The van der Waals surface area contributed by atoms with Crippen molar-refractivity contribution in [3.05, 3.63) is 29.3 Å². The van der Waals surface area contributed by atoms with Crippen LogP contribution in [-0.4, -0.2) is 35.5 Å². The van der Waals surface area contributed by atoms with Gasteiger partial charge < -0.3 is 10.2 Å². The Morgan fingerprint density at radius 2 is 1.86 bits per heavy atom. The fourth-order valence-electron chi connectivity index (χ4n) is 2.52. The highest BCUT2D eigenvalue weighted by Gasteiger charge is 2.36. The van der Waals surface area contributed by atoms with Crippen molar-refractivity contribution >= 4 is 29.2 Å². The van der Waals surface area contributed by atoms with Crippen molar-refractivity contribution in [3.8, 4) is 0 Å². The summed E-state index contributed by atoms with van der Waals surface area (Å²) in [6.07, 6.45) is 3.60. The summed E-state index contributed by atoms with van der Waals surface area (Å²) in [5, 5.41) is 3.57. The third-order valence-electron chi connectivity index (χ3n) is 3.90. The number of nitrogens with one attached hydrogen (secondary N) is 3. The number of carbonyl (C=O) groups is 2. The van der Waals surface area contributed by atoms with Crippen LogP contribution in [0.2, 0.25) is 5.02 Å². The summed E-state index contributed by atoms with van der Waals surface area (Å²) in [4.78, 5) is 26.0. The molecule has 1 aromatic carbocycles. The molecule has 22 heavy (non-hydrogen) atoms. The molecule has 0 radical (unpaired) electrons. The number of nitrogens with zero attached hydrogens (tertiary/aromatic N) is 1. The Kier molecular flexibility index (Phi) is 4.38. The summed E-state index contributed by atoms with van der Waals surface area (Å²) in [6, 6.07) is 6.76. The van der Waals surface area contributed by atoms with Gasteiger partial charge in [-0.2, -0.15) is 0 Å². The minimum Gasteiger partial charge on any atom is -0.335 e. The molecule has 3 N–H and O–H groups in total. The number of likely N-dealkylation sites (tertiary alicyclic amines) is 1.